The van der Waals surface area contributed by atoms with Crippen LogP contribution in [0.25, 0.3) is 0 Å². The maximum atomic E-state index is 6.21. The summed E-state index contributed by atoms with van der Waals surface area (Å²) in [6.07, 6.45) is 6.68. The molecular formula is C14H32O2Si2. The summed E-state index contributed by atoms with van der Waals surface area (Å²) < 4.78 is 12.4. The summed E-state index contributed by atoms with van der Waals surface area (Å²) in [5.41, 5.74) is 0.318. The number of hydrogen-bond acceptors (Lipinski definition) is 2. The summed E-state index contributed by atoms with van der Waals surface area (Å²) in [5, 5.41) is 0. The Morgan fingerprint density at radius 2 is 1.11 bits per heavy atom. The average Bonchev–Trinajstić information content (AvgIpc) is 2.24. The summed E-state index contributed by atoms with van der Waals surface area (Å²) >= 11 is 0. The van der Waals surface area contributed by atoms with Crippen LogP contribution in [-0.4, -0.2) is 29.8 Å². The molecule has 1 rings (SSSR count). The van der Waals surface area contributed by atoms with E-state index >= 15 is 0 Å². The van der Waals surface area contributed by atoms with Gasteiger partial charge in [-0.1, -0.05) is 19.3 Å². The van der Waals surface area contributed by atoms with Crippen molar-refractivity contribution in [3.05, 3.63) is 0 Å². The Morgan fingerprint density at radius 1 is 0.722 bits per heavy atom. The van der Waals surface area contributed by atoms with Gasteiger partial charge in [-0.25, -0.2) is 0 Å². The molecule has 0 aliphatic heterocycles. The molecule has 18 heavy (non-hydrogen) atoms. The van der Waals surface area contributed by atoms with E-state index in [0.29, 0.717) is 5.41 Å². The van der Waals surface area contributed by atoms with Gasteiger partial charge >= 0.3 is 0 Å². The van der Waals surface area contributed by atoms with Crippen molar-refractivity contribution in [2.24, 2.45) is 5.41 Å². The summed E-state index contributed by atoms with van der Waals surface area (Å²) in [7, 11) is -2.81. The largest absolute Gasteiger partial charge is 0.417 e. The van der Waals surface area contributed by atoms with E-state index in [2.05, 4.69) is 39.3 Å². The molecule has 0 heterocycles. The lowest BCUT2D eigenvalue weighted by Gasteiger charge is -2.40. The van der Waals surface area contributed by atoms with E-state index in [1.807, 2.05) is 0 Å². The molecule has 0 aromatic carbocycles. The fourth-order valence-corrected chi connectivity index (χ4v) is 3.85. The second kappa shape index (κ2) is 6.20. The first-order valence-corrected chi connectivity index (χ1v) is 14.2. The van der Waals surface area contributed by atoms with Gasteiger partial charge in [0.25, 0.3) is 0 Å². The zero-order valence-corrected chi connectivity index (χ0v) is 15.3. The average molecular weight is 289 g/mol. The van der Waals surface area contributed by atoms with E-state index in [9.17, 15) is 0 Å². The van der Waals surface area contributed by atoms with E-state index in [1.165, 1.54) is 32.1 Å². The molecule has 0 radical (unpaired) electrons. The molecule has 0 unspecified atom stereocenters. The molecule has 0 aromatic heterocycles. The highest BCUT2D eigenvalue weighted by molar-refractivity contribution is 6.70. The van der Waals surface area contributed by atoms with E-state index in [-0.39, 0.29) is 0 Å². The van der Waals surface area contributed by atoms with Crippen LogP contribution in [0, 0.1) is 5.41 Å². The second-order valence-corrected chi connectivity index (χ2v) is 16.9. The lowest BCUT2D eigenvalue weighted by molar-refractivity contribution is 0.0378. The standard InChI is InChI=1S/C14H32O2Si2/c1-17(2,3)15-12-14(10-8-7-9-11-14)13-16-18(4,5)6/h7-13H2,1-6H3. The lowest BCUT2D eigenvalue weighted by atomic mass is 9.75. The molecule has 0 N–H and O–H groups in total. The predicted molar refractivity (Wildman–Crippen MR) is 84.1 cm³/mol. The molecule has 4 heteroatoms. The van der Waals surface area contributed by atoms with Gasteiger partial charge in [0.1, 0.15) is 0 Å². The Labute approximate surface area is 116 Å². The molecule has 1 aliphatic carbocycles. The van der Waals surface area contributed by atoms with Gasteiger partial charge in [0.05, 0.1) is 0 Å². The molecular weight excluding hydrogens is 256 g/mol. The third-order valence-corrected chi connectivity index (χ3v) is 5.56. The highest BCUT2D eigenvalue weighted by Crippen LogP contribution is 2.38. The van der Waals surface area contributed by atoms with Gasteiger partial charge < -0.3 is 8.85 Å². The first-order valence-electron chi connectivity index (χ1n) is 7.40. The third kappa shape index (κ3) is 6.50. The van der Waals surface area contributed by atoms with Crippen LogP contribution in [0.1, 0.15) is 32.1 Å². The minimum Gasteiger partial charge on any atom is -0.417 e. The molecule has 0 aromatic rings. The Kier molecular flexibility index (Phi) is 5.65. The second-order valence-electron chi connectivity index (χ2n) is 7.86. The molecule has 0 amide bonds. The van der Waals surface area contributed by atoms with Gasteiger partial charge in [-0.15, -0.1) is 0 Å². The molecule has 2 nitrogen and oxygen atoms in total. The predicted octanol–water partition coefficient (Wildman–Crippen LogP) is 4.64. The Morgan fingerprint density at radius 3 is 1.44 bits per heavy atom. The molecule has 0 bridgehead atoms. The van der Waals surface area contributed by atoms with E-state index < -0.39 is 16.6 Å². The van der Waals surface area contributed by atoms with Crippen molar-refractivity contribution < 1.29 is 8.85 Å². The van der Waals surface area contributed by atoms with Crippen LogP contribution in [0.3, 0.4) is 0 Å². The fourth-order valence-electron chi connectivity index (χ4n) is 2.37. The molecule has 0 atom stereocenters. The van der Waals surface area contributed by atoms with Crippen LogP contribution in [0.4, 0.5) is 0 Å². The van der Waals surface area contributed by atoms with Crippen LogP contribution in [0.5, 0.6) is 0 Å². The normalized spacial score (nSPS) is 21.0. The molecule has 1 saturated carbocycles. The van der Waals surface area contributed by atoms with Crippen LogP contribution in [-0.2, 0) is 8.85 Å². The van der Waals surface area contributed by atoms with Gasteiger partial charge in [-0.3, -0.25) is 0 Å². The topological polar surface area (TPSA) is 18.5 Å². The summed E-state index contributed by atoms with van der Waals surface area (Å²) in [5.74, 6) is 0. The highest BCUT2D eigenvalue weighted by atomic mass is 28.4. The Balaban J connectivity index is 2.57. The quantitative estimate of drug-likeness (QED) is 0.663. The van der Waals surface area contributed by atoms with Crippen LogP contribution >= 0.6 is 0 Å². The summed E-state index contributed by atoms with van der Waals surface area (Å²) in [4.78, 5) is 0. The van der Waals surface area contributed by atoms with Crippen molar-refractivity contribution in [1.29, 1.82) is 0 Å². The van der Waals surface area contributed by atoms with Crippen molar-refractivity contribution in [2.75, 3.05) is 13.2 Å². The van der Waals surface area contributed by atoms with Crippen LogP contribution in [0.15, 0.2) is 0 Å². The molecule has 0 spiro atoms. The smallest absolute Gasteiger partial charge is 0.183 e. The van der Waals surface area contributed by atoms with Gasteiger partial charge in [0.2, 0.25) is 0 Å². The van der Waals surface area contributed by atoms with Crippen molar-refractivity contribution >= 4 is 16.6 Å². The maximum absolute atomic E-state index is 6.21. The van der Waals surface area contributed by atoms with E-state index in [0.717, 1.165) is 13.2 Å². The zero-order valence-electron chi connectivity index (χ0n) is 13.3. The summed E-state index contributed by atoms with van der Waals surface area (Å²) in [6, 6.07) is 0. The van der Waals surface area contributed by atoms with Gasteiger partial charge in [-0.2, -0.15) is 0 Å². The minimum atomic E-state index is -1.41. The summed E-state index contributed by atoms with van der Waals surface area (Å²) in [6.45, 7) is 15.5. The van der Waals surface area contributed by atoms with E-state index in [4.69, 9.17) is 8.85 Å². The highest BCUT2D eigenvalue weighted by Gasteiger charge is 2.35. The first kappa shape index (κ1) is 16.4. The number of hydrogen-bond donors (Lipinski definition) is 0. The minimum absolute atomic E-state index is 0.318. The molecule has 0 saturated heterocycles. The molecule has 1 aliphatic rings. The van der Waals surface area contributed by atoms with Gasteiger partial charge in [0.15, 0.2) is 16.6 Å². The van der Waals surface area contributed by atoms with Crippen molar-refractivity contribution in [2.45, 2.75) is 71.4 Å². The maximum Gasteiger partial charge on any atom is 0.183 e. The van der Waals surface area contributed by atoms with Gasteiger partial charge in [-0.05, 0) is 52.1 Å². The Bertz CT molecular complexity index is 228. The van der Waals surface area contributed by atoms with Crippen molar-refractivity contribution in [1.82, 2.24) is 0 Å². The van der Waals surface area contributed by atoms with Gasteiger partial charge in [0, 0.05) is 18.6 Å². The number of rotatable bonds is 6. The van der Waals surface area contributed by atoms with Crippen molar-refractivity contribution in [3.63, 3.8) is 0 Å². The monoisotopic (exact) mass is 288 g/mol. The van der Waals surface area contributed by atoms with Crippen LogP contribution in [0.2, 0.25) is 39.3 Å². The SMILES string of the molecule is C[Si](C)(C)OCC1(CO[Si](C)(C)C)CCCCC1. The lowest BCUT2D eigenvalue weighted by Crippen LogP contribution is -2.42. The molecule has 108 valence electrons. The Hall–Kier alpha value is 0.354. The first-order chi connectivity index (χ1) is 8.12. The fraction of sp³-hybridized carbons (Fsp3) is 1.00. The third-order valence-electron chi connectivity index (χ3n) is 3.54. The van der Waals surface area contributed by atoms with Crippen molar-refractivity contribution in [3.8, 4) is 0 Å². The zero-order chi connectivity index (χ0) is 13.9. The van der Waals surface area contributed by atoms with Crippen LogP contribution < -0.4 is 0 Å². The van der Waals surface area contributed by atoms with E-state index in [1.54, 1.807) is 0 Å². The molecule has 1 fully saturated rings.